The Morgan fingerprint density at radius 2 is 2.16 bits per heavy atom. The molecule has 4 nitrogen and oxygen atoms in total. The topological polar surface area (TPSA) is 46.1 Å². The first-order valence-electron chi connectivity index (χ1n) is 5.98. The van der Waals surface area contributed by atoms with E-state index in [0.717, 1.165) is 11.3 Å². The second-order valence-corrected chi connectivity index (χ2v) is 4.50. The Kier molecular flexibility index (Phi) is 4.12. The van der Waals surface area contributed by atoms with Crippen molar-refractivity contribution in [3.8, 4) is 0 Å². The van der Waals surface area contributed by atoms with Crippen molar-refractivity contribution < 1.29 is 4.79 Å². The van der Waals surface area contributed by atoms with Gasteiger partial charge in [-0.15, -0.1) is 0 Å². The summed E-state index contributed by atoms with van der Waals surface area (Å²) in [5.41, 5.74) is 2.19. The van der Waals surface area contributed by atoms with E-state index < -0.39 is 0 Å². The van der Waals surface area contributed by atoms with E-state index in [1.165, 1.54) is 12.4 Å². The SMILES string of the molecule is CCN(C(=O)c1cncc(Cl)n1)c1cccc(C)c1. The van der Waals surface area contributed by atoms with Crippen LogP contribution in [0.25, 0.3) is 0 Å². The van der Waals surface area contributed by atoms with Gasteiger partial charge >= 0.3 is 0 Å². The van der Waals surface area contributed by atoms with E-state index in [1.807, 2.05) is 38.1 Å². The molecule has 0 unspecified atom stereocenters. The minimum absolute atomic E-state index is 0.205. The molecule has 0 aliphatic rings. The van der Waals surface area contributed by atoms with Crippen LogP contribution < -0.4 is 4.90 Å². The van der Waals surface area contributed by atoms with Crippen molar-refractivity contribution in [2.24, 2.45) is 0 Å². The van der Waals surface area contributed by atoms with Crippen LogP contribution in [0.2, 0.25) is 5.15 Å². The van der Waals surface area contributed by atoms with Gasteiger partial charge in [0.15, 0.2) is 0 Å². The molecule has 0 N–H and O–H groups in total. The summed E-state index contributed by atoms with van der Waals surface area (Å²) in [6.45, 7) is 4.45. The maximum Gasteiger partial charge on any atom is 0.278 e. The van der Waals surface area contributed by atoms with Crippen LogP contribution in [0.15, 0.2) is 36.7 Å². The maximum absolute atomic E-state index is 12.4. The van der Waals surface area contributed by atoms with Crippen LogP contribution in [-0.2, 0) is 0 Å². The predicted octanol–water partition coefficient (Wildman–Crippen LogP) is 3.11. The lowest BCUT2D eigenvalue weighted by Crippen LogP contribution is -2.31. The van der Waals surface area contributed by atoms with Crippen molar-refractivity contribution in [1.82, 2.24) is 9.97 Å². The van der Waals surface area contributed by atoms with E-state index in [1.54, 1.807) is 4.90 Å². The summed E-state index contributed by atoms with van der Waals surface area (Å²) in [6, 6.07) is 7.76. The number of nitrogens with zero attached hydrogens (tertiary/aromatic N) is 3. The van der Waals surface area contributed by atoms with Crippen molar-refractivity contribution in [3.05, 3.63) is 53.1 Å². The molecule has 0 fully saturated rings. The number of hydrogen-bond acceptors (Lipinski definition) is 3. The van der Waals surface area contributed by atoms with Crippen molar-refractivity contribution in [1.29, 1.82) is 0 Å². The number of hydrogen-bond donors (Lipinski definition) is 0. The normalized spacial score (nSPS) is 10.3. The molecule has 1 aromatic heterocycles. The Morgan fingerprint density at radius 3 is 2.79 bits per heavy atom. The van der Waals surface area contributed by atoms with Gasteiger partial charge in [0.25, 0.3) is 5.91 Å². The Balaban J connectivity index is 2.34. The van der Waals surface area contributed by atoms with E-state index in [4.69, 9.17) is 11.6 Å². The van der Waals surface area contributed by atoms with Crippen LogP contribution in [0.5, 0.6) is 0 Å². The minimum atomic E-state index is -0.205. The number of anilines is 1. The molecule has 98 valence electrons. The molecule has 1 heterocycles. The minimum Gasteiger partial charge on any atom is -0.307 e. The molecule has 0 radical (unpaired) electrons. The lowest BCUT2D eigenvalue weighted by molar-refractivity contribution is 0.0983. The Hall–Kier alpha value is -1.94. The second-order valence-electron chi connectivity index (χ2n) is 4.12. The molecule has 19 heavy (non-hydrogen) atoms. The molecule has 5 heteroatoms. The number of rotatable bonds is 3. The molecule has 1 aromatic carbocycles. The quantitative estimate of drug-likeness (QED) is 0.865. The van der Waals surface area contributed by atoms with Crippen LogP contribution in [0.1, 0.15) is 23.0 Å². The Morgan fingerprint density at radius 1 is 1.37 bits per heavy atom. The molecule has 1 amide bonds. The molecule has 0 aliphatic carbocycles. The van der Waals surface area contributed by atoms with Gasteiger partial charge in [-0.2, -0.15) is 0 Å². The lowest BCUT2D eigenvalue weighted by Gasteiger charge is -2.20. The summed E-state index contributed by atoms with van der Waals surface area (Å²) < 4.78 is 0. The first kappa shape index (κ1) is 13.5. The summed E-state index contributed by atoms with van der Waals surface area (Å²) in [4.78, 5) is 21.9. The van der Waals surface area contributed by atoms with E-state index in [2.05, 4.69) is 9.97 Å². The third kappa shape index (κ3) is 3.09. The number of benzene rings is 1. The van der Waals surface area contributed by atoms with Gasteiger partial charge in [0.05, 0.1) is 12.4 Å². The van der Waals surface area contributed by atoms with Gasteiger partial charge in [-0.1, -0.05) is 23.7 Å². The number of amides is 1. The van der Waals surface area contributed by atoms with Crippen molar-refractivity contribution in [2.75, 3.05) is 11.4 Å². The fraction of sp³-hybridized carbons (Fsp3) is 0.214. The van der Waals surface area contributed by atoms with Crippen molar-refractivity contribution in [3.63, 3.8) is 0 Å². The van der Waals surface area contributed by atoms with Gasteiger partial charge in [0.2, 0.25) is 0 Å². The summed E-state index contributed by atoms with van der Waals surface area (Å²) in [5, 5.41) is 0.214. The van der Waals surface area contributed by atoms with Gasteiger partial charge in [-0.05, 0) is 31.5 Å². The van der Waals surface area contributed by atoms with Gasteiger partial charge in [-0.25, -0.2) is 4.98 Å². The lowest BCUT2D eigenvalue weighted by atomic mass is 10.2. The van der Waals surface area contributed by atoms with Crippen molar-refractivity contribution >= 4 is 23.2 Å². The van der Waals surface area contributed by atoms with Crippen LogP contribution in [0.3, 0.4) is 0 Å². The van der Waals surface area contributed by atoms with E-state index in [0.29, 0.717) is 6.54 Å². The molecular formula is C14H14ClN3O. The molecular weight excluding hydrogens is 262 g/mol. The zero-order valence-electron chi connectivity index (χ0n) is 10.8. The van der Waals surface area contributed by atoms with E-state index >= 15 is 0 Å². The van der Waals surface area contributed by atoms with E-state index in [-0.39, 0.29) is 16.8 Å². The highest BCUT2D eigenvalue weighted by molar-refractivity contribution is 6.29. The number of halogens is 1. The molecule has 2 aromatic rings. The Bertz CT molecular complexity index is 601. The third-order valence-corrected chi connectivity index (χ3v) is 2.88. The molecule has 2 rings (SSSR count). The predicted molar refractivity (Wildman–Crippen MR) is 75.6 cm³/mol. The third-order valence-electron chi connectivity index (χ3n) is 2.70. The highest BCUT2D eigenvalue weighted by Crippen LogP contribution is 2.18. The molecule has 0 saturated heterocycles. The van der Waals surface area contributed by atoms with Crippen LogP contribution in [-0.4, -0.2) is 22.4 Å². The highest BCUT2D eigenvalue weighted by atomic mass is 35.5. The summed E-state index contributed by atoms with van der Waals surface area (Å²) in [5.74, 6) is -0.205. The van der Waals surface area contributed by atoms with Crippen molar-refractivity contribution in [2.45, 2.75) is 13.8 Å². The monoisotopic (exact) mass is 275 g/mol. The Labute approximate surface area is 117 Å². The average Bonchev–Trinajstić information content (AvgIpc) is 2.39. The molecule has 0 bridgehead atoms. The van der Waals surface area contributed by atoms with Gasteiger partial charge < -0.3 is 4.90 Å². The van der Waals surface area contributed by atoms with Gasteiger partial charge in [-0.3, -0.25) is 9.78 Å². The first-order chi connectivity index (χ1) is 9.11. The fourth-order valence-corrected chi connectivity index (χ4v) is 1.97. The molecule has 0 saturated carbocycles. The number of carbonyl (C=O) groups excluding carboxylic acids is 1. The van der Waals surface area contributed by atoms with Crippen LogP contribution in [0.4, 0.5) is 5.69 Å². The van der Waals surface area contributed by atoms with E-state index in [9.17, 15) is 4.79 Å². The molecule has 0 aliphatic heterocycles. The number of aromatic nitrogens is 2. The summed E-state index contributed by atoms with van der Waals surface area (Å²) in [6.07, 6.45) is 2.83. The first-order valence-corrected chi connectivity index (χ1v) is 6.35. The molecule has 0 atom stereocenters. The van der Waals surface area contributed by atoms with Crippen LogP contribution >= 0.6 is 11.6 Å². The smallest absolute Gasteiger partial charge is 0.278 e. The fourth-order valence-electron chi connectivity index (χ4n) is 1.82. The standard InChI is InChI=1S/C14H14ClN3O/c1-3-18(11-6-4-5-10(2)7-11)14(19)12-8-16-9-13(15)17-12/h4-9H,3H2,1-2H3. The van der Waals surface area contributed by atoms with Gasteiger partial charge in [0.1, 0.15) is 10.8 Å². The highest BCUT2D eigenvalue weighted by Gasteiger charge is 2.18. The number of carbonyl (C=O) groups is 1. The zero-order valence-corrected chi connectivity index (χ0v) is 11.6. The largest absolute Gasteiger partial charge is 0.307 e. The maximum atomic E-state index is 12.4. The number of aryl methyl sites for hydroxylation is 1. The van der Waals surface area contributed by atoms with Gasteiger partial charge in [0, 0.05) is 12.2 Å². The molecule has 0 spiro atoms. The summed E-state index contributed by atoms with van der Waals surface area (Å²) in [7, 11) is 0. The second kappa shape index (κ2) is 5.80. The summed E-state index contributed by atoms with van der Waals surface area (Å²) >= 11 is 5.76. The van der Waals surface area contributed by atoms with Crippen LogP contribution in [0, 0.1) is 6.92 Å². The average molecular weight is 276 g/mol. The zero-order chi connectivity index (χ0) is 13.8.